The monoisotopic (exact) mass is 263 g/mol. The summed E-state index contributed by atoms with van der Waals surface area (Å²) >= 11 is 0. The SMILES string of the molecule is CCOC1(C(Cc2cccnc2)NN)CCCCC1. The summed E-state index contributed by atoms with van der Waals surface area (Å²) in [7, 11) is 0. The second kappa shape index (κ2) is 6.98. The number of rotatable bonds is 6. The highest BCUT2D eigenvalue weighted by Crippen LogP contribution is 2.35. The fourth-order valence-electron chi connectivity index (χ4n) is 3.18. The summed E-state index contributed by atoms with van der Waals surface area (Å²) in [5.41, 5.74) is 4.08. The Morgan fingerprint density at radius 2 is 2.21 bits per heavy atom. The molecule has 1 unspecified atom stereocenters. The van der Waals surface area contributed by atoms with Gasteiger partial charge in [0.1, 0.15) is 0 Å². The van der Waals surface area contributed by atoms with Gasteiger partial charge in [-0.05, 0) is 37.8 Å². The lowest BCUT2D eigenvalue weighted by Crippen LogP contribution is -2.57. The maximum atomic E-state index is 6.13. The molecular weight excluding hydrogens is 238 g/mol. The van der Waals surface area contributed by atoms with Crippen molar-refractivity contribution >= 4 is 0 Å². The van der Waals surface area contributed by atoms with Crippen LogP contribution in [0.4, 0.5) is 0 Å². The number of nitrogens with one attached hydrogen (secondary N) is 1. The van der Waals surface area contributed by atoms with Gasteiger partial charge in [-0.3, -0.25) is 16.3 Å². The number of hydrogen-bond donors (Lipinski definition) is 2. The molecule has 1 heterocycles. The van der Waals surface area contributed by atoms with E-state index >= 15 is 0 Å². The summed E-state index contributed by atoms with van der Waals surface area (Å²) in [5, 5.41) is 0. The molecular formula is C15H25N3O. The average molecular weight is 263 g/mol. The molecule has 1 aromatic rings. The largest absolute Gasteiger partial charge is 0.374 e. The van der Waals surface area contributed by atoms with Crippen LogP contribution in [-0.2, 0) is 11.2 Å². The molecule has 4 nitrogen and oxygen atoms in total. The lowest BCUT2D eigenvalue weighted by molar-refractivity contribution is -0.0898. The van der Waals surface area contributed by atoms with E-state index in [-0.39, 0.29) is 11.6 Å². The molecule has 0 aliphatic heterocycles. The maximum absolute atomic E-state index is 6.13. The number of pyridine rings is 1. The van der Waals surface area contributed by atoms with E-state index in [1.54, 1.807) is 6.20 Å². The quantitative estimate of drug-likeness (QED) is 0.610. The standard InChI is InChI=1S/C15H25N3O/c1-2-19-15(8-4-3-5-9-15)14(18-16)11-13-7-6-10-17-12-13/h6-7,10,12,14,18H,2-5,8-9,11,16H2,1H3. The smallest absolute Gasteiger partial charge is 0.0851 e. The predicted molar refractivity (Wildman–Crippen MR) is 76.5 cm³/mol. The Bertz CT molecular complexity index is 357. The van der Waals surface area contributed by atoms with Gasteiger partial charge >= 0.3 is 0 Å². The van der Waals surface area contributed by atoms with E-state index in [2.05, 4.69) is 23.4 Å². The molecule has 1 saturated carbocycles. The number of hydrogen-bond acceptors (Lipinski definition) is 4. The first-order valence-corrected chi connectivity index (χ1v) is 7.30. The first-order valence-electron chi connectivity index (χ1n) is 7.30. The van der Waals surface area contributed by atoms with Crippen LogP contribution in [0, 0.1) is 0 Å². The van der Waals surface area contributed by atoms with Gasteiger partial charge in [-0.25, -0.2) is 0 Å². The lowest BCUT2D eigenvalue weighted by Gasteiger charge is -2.43. The average Bonchev–Trinajstić information content (AvgIpc) is 2.47. The lowest BCUT2D eigenvalue weighted by atomic mass is 9.77. The van der Waals surface area contributed by atoms with Crippen LogP contribution in [-0.4, -0.2) is 23.2 Å². The van der Waals surface area contributed by atoms with Gasteiger partial charge in [0.05, 0.1) is 11.6 Å². The van der Waals surface area contributed by atoms with Crippen molar-refractivity contribution in [2.75, 3.05) is 6.61 Å². The van der Waals surface area contributed by atoms with Gasteiger partial charge in [0.2, 0.25) is 0 Å². The van der Waals surface area contributed by atoms with Crippen molar-refractivity contribution in [3.63, 3.8) is 0 Å². The van der Waals surface area contributed by atoms with Crippen LogP contribution in [0.15, 0.2) is 24.5 Å². The molecule has 0 amide bonds. The summed E-state index contributed by atoms with van der Waals surface area (Å²) in [6.07, 6.45) is 10.5. The maximum Gasteiger partial charge on any atom is 0.0851 e. The van der Waals surface area contributed by atoms with Crippen molar-refractivity contribution in [1.82, 2.24) is 10.4 Å². The van der Waals surface area contributed by atoms with Crippen LogP contribution < -0.4 is 11.3 Å². The molecule has 0 aromatic carbocycles. The summed E-state index contributed by atoms with van der Waals surface area (Å²) in [4.78, 5) is 4.18. The molecule has 1 aromatic heterocycles. The number of nitrogens with two attached hydrogens (primary N) is 1. The van der Waals surface area contributed by atoms with E-state index in [0.29, 0.717) is 0 Å². The van der Waals surface area contributed by atoms with Crippen LogP contribution in [0.1, 0.15) is 44.6 Å². The van der Waals surface area contributed by atoms with E-state index in [0.717, 1.165) is 25.9 Å². The van der Waals surface area contributed by atoms with Gasteiger partial charge in [0.25, 0.3) is 0 Å². The van der Waals surface area contributed by atoms with E-state index in [1.165, 1.54) is 24.8 Å². The highest BCUT2D eigenvalue weighted by atomic mass is 16.5. The zero-order valence-corrected chi connectivity index (χ0v) is 11.8. The van der Waals surface area contributed by atoms with E-state index in [1.807, 2.05) is 12.3 Å². The molecule has 1 atom stereocenters. The van der Waals surface area contributed by atoms with E-state index < -0.39 is 0 Å². The van der Waals surface area contributed by atoms with Gasteiger partial charge < -0.3 is 4.74 Å². The minimum Gasteiger partial charge on any atom is -0.374 e. The van der Waals surface area contributed by atoms with Crippen molar-refractivity contribution in [3.05, 3.63) is 30.1 Å². The van der Waals surface area contributed by atoms with Crippen molar-refractivity contribution in [1.29, 1.82) is 0 Å². The number of aromatic nitrogens is 1. The Morgan fingerprint density at radius 1 is 1.42 bits per heavy atom. The molecule has 1 aliphatic carbocycles. The molecule has 0 radical (unpaired) electrons. The van der Waals surface area contributed by atoms with Gasteiger partial charge in [-0.15, -0.1) is 0 Å². The van der Waals surface area contributed by atoms with Crippen molar-refractivity contribution in [2.24, 2.45) is 5.84 Å². The van der Waals surface area contributed by atoms with Gasteiger partial charge in [0.15, 0.2) is 0 Å². The third kappa shape index (κ3) is 3.53. The van der Waals surface area contributed by atoms with Gasteiger partial charge in [-0.2, -0.15) is 0 Å². The minimum atomic E-state index is -0.114. The Balaban J connectivity index is 2.12. The Kier molecular flexibility index (Phi) is 5.31. The fraction of sp³-hybridized carbons (Fsp3) is 0.667. The molecule has 0 saturated heterocycles. The number of hydrazine groups is 1. The summed E-state index contributed by atoms with van der Waals surface area (Å²) in [6, 6.07) is 4.22. The molecule has 2 rings (SSSR count). The first-order chi connectivity index (χ1) is 9.30. The molecule has 1 aliphatic rings. The molecule has 1 fully saturated rings. The van der Waals surface area contributed by atoms with Gasteiger partial charge in [0, 0.05) is 19.0 Å². The highest BCUT2D eigenvalue weighted by Gasteiger charge is 2.40. The van der Waals surface area contributed by atoms with E-state index in [9.17, 15) is 0 Å². The number of nitrogens with zero attached hydrogens (tertiary/aromatic N) is 1. The van der Waals surface area contributed by atoms with Crippen LogP contribution in [0.3, 0.4) is 0 Å². The highest BCUT2D eigenvalue weighted by molar-refractivity contribution is 5.12. The van der Waals surface area contributed by atoms with Gasteiger partial charge in [-0.1, -0.05) is 25.3 Å². The Morgan fingerprint density at radius 3 is 2.79 bits per heavy atom. The fourth-order valence-corrected chi connectivity index (χ4v) is 3.18. The number of ether oxygens (including phenoxy) is 1. The predicted octanol–water partition coefficient (Wildman–Crippen LogP) is 2.20. The Labute approximate surface area is 115 Å². The Hall–Kier alpha value is -0.970. The summed E-state index contributed by atoms with van der Waals surface area (Å²) < 4.78 is 6.13. The van der Waals surface area contributed by atoms with Crippen LogP contribution in [0.25, 0.3) is 0 Å². The topological polar surface area (TPSA) is 60.2 Å². The third-order valence-corrected chi connectivity index (χ3v) is 4.13. The van der Waals surface area contributed by atoms with Crippen molar-refractivity contribution in [2.45, 2.75) is 57.1 Å². The molecule has 106 valence electrons. The van der Waals surface area contributed by atoms with Crippen molar-refractivity contribution < 1.29 is 4.74 Å². The minimum absolute atomic E-state index is 0.114. The molecule has 0 spiro atoms. The molecule has 0 bridgehead atoms. The first kappa shape index (κ1) is 14.4. The van der Waals surface area contributed by atoms with Crippen LogP contribution in [0.2, 0.25) is 0 Å². The third-order valence-electron chi connectivity index (χ3n) is 4.13. The summed E-state index contributed by atoms with van der Waals surface area (Å²) in [6.45, 7) is 2.80. The zero-order chi connectivity index (χ0) is 13.6. The van der Waals surface area contributed by atoms with E-state index in [4.69, 9.17) is 10.6 Å². The molecule has 19 heavy (non-hydrogen) atoms. The van der Waals surface area contributed by atoms with Crippen LogP contribution >= 0.6 is 0 Å². The van der Waals surface area contributed by atoms with Crippen LogP contribution in [0.5, 0.6) is 0 Å². The second-order valence-electron chi connectivity index (χ2n) is 5.34. The zero-order valence-electron chi connectivity index (χ0n) is 11.8. The normalized spacial score (nSPS) is 20.1. The molecule has 4 heteroatoms. The summed E-state index contributed by atoms with van der Waals surface area (Å²) in [5.74, 6) is 5.82. The van der Waals surface area contributed by atoms with Crippen molar-refractivity contribution in [3.8, 4) is 0 Å². The molecule has 3 N–H and O–H groups in total. The second-order valence-corrected chi connectivity index (χ2v) is 5.34.